The van der Waals surface area contributed by atoms with Crippen LogP contribution in [0.25, 0.3) is 0 Å². The molecule has 1 saturated heterocycles. The minimum absolute atomic E-state index is 0.00790. The van der Waals surface area contributed by atoms with Gasteiger partial charge in [0.05, 0.1) is 11.7 Å². The summed E-state index contributed by atoms with van der Waals surface area (Å²) in [6.45, 7) is 6.30. The fourth-order valence-corrected chi connectivity index (χ4v) is 4.02. The summed E-state index contributed by atoms with van der Waals surface area (Å²) in [7, 11) is 0. The van der Waals surface area contributed by atoms with E-state index < -0.39 is 0 Å². The largest absolute Gasteiger partial charge is 0.356 e. The van der Waals surface area contributed by atoms with E-state index in [1.807, 2.05) is 43.3 Å². The number of thioether (sulfide) groups is 1. The highest BCUT2D eigenvalue weighted by Gasteiger charge is 2.26. The van der Waals surface area contributed by atoms with Gasteiger partial charge >= 0.3 is 0 Å². The van der Waals surface area contributed by atoms with Crippen molar-refractivity contribution in [2.75, 3.05) is 35.6 Å². The summed E-state index contributed by atoms with van der Waals surface area (Å²) in [5.41, 5.74) is 1.90. The molecule has 1 aliphatic heterocycles. The lowest BCUT2D eigenvalue weighted by molar-refractivity contribution is -0.125. The van der Waals surface area contributed by atoms with Gasteiger partial charge in [0.2, 0.25) is 11.8 Å². The van der Waals surface area contributed by atoms with Crippen molar-refractivity contribution in [3.8, 4) is 0 Å². The monoisotopic (exact) mass is 427 g/mol. The third-order valence-corrected chi connectivity index (χ3v) is 5.86. The first-order valence-electron chi connectivity index (χ1n) is 10.4. The molecular formula is C22H29N5O2S. The van der Waals surface area contributed by atoms with Gasteiger partial charge in [0.25, 0.3) is 0 Å². The molecule has 0 saturated carbocycles. The van der Waals surface area contributed by atoms with E-state index in [0.717, 1.165) is 49.4 Å². The zero-order chi connectivity index (χ0) is 21.3. The van der Waals surface area contributed by atoms with E-state index >= 15 is 0 Å². The Hall–Kier alpha value is -2.61. The molecule has 1 fully saturated rings. The molecule has 1 aliphatic rings. The third kappa shape index (κ3) is 6.45. The molecule has 2 heterocycles. The minimum Gasteiger partial charge on any atom is -0.356 e. The second kappa shape index (κ2) is 11.0. The van der Waals surface area contributed by atoms with Crippen molar-refractivity contribution >= 4 is 35.1 Å². The van der Waals surface area contributed by atoms with Gasteiger partial charge in [-0.25, -0.2) is 0 Å². The van der Waals surface area contributed by atoms with Crippen LogP contribution < -0.4 is 15.5 Å². The molecule has 0 bridgehead atoms. The van der Waals surface area contributed by atoms with Crippen LogP contribution in [0.15, 0.2) is 41.4 Å². The molecule has 1 aromatic carbocycles. The summed E-state index contributed by atoms with van der Waals surface area (Å²) in [4.78, 5) is 26.5. The van der Waals surface area contributed by atoms with Crippen LogP contribution in [-0.2, 0) is 9.59 Å². The Labute approximate surface area is 182 Å². The van der Waals surface area contributed by atoms with Crippen molar-refractivity contribution in [2.24, 2.45) is 5.92 Å². The lowest BCUT2D eigenvalue weighted by Crippen LogP contribution is -2.43. The van der Waals surface area contributed by atoms with Crippen molar-refractivity contribution < 1.29 is 9.59 Å². The van der Waals surface area contributed by atoms with Crippen LogP contribution in [0.5, 0.6) is 0 Å². The number of hydrogen-bond acceptors (Lipinski definition) is 6. The average molecular weight is 428 g/mol. The SMILES string of the molecule is CCCNC(=O)[C@H]1CCCN(c2ccc(SCC(=O)Nc3cccc(C)c3)nn2)C1. The maximum atomic E-state index is 12.3. The van der Waals surface area contributed by atoms with Crippen LogP contribution in [0.2, 0.25) is 0 Å². The summed E-state index contributed by atoms with van der Waals surface area (Å²) < 4.78 is 0. The normalized spacial score (nSPS) is 16.2. The average Bonchev–Trinajstić information content (AvgIpc) is 2.76. The number of piperidine rings is 1. The first-order chi connectivity index (χ1) is 14.5. The molecule has 160 valence electrons. The summed E-state index contributed by atoms with van der Waals surface area (Å²) in [6, 6.07) is 11.5. The highest BCUT2D eigenvalue weighted by Crippen LogP contribution is 2.23. The fourth-order valence-electron chi connectivity index (χ4n) is 3.41. The van der Waals surface area contributed by atoms with Crippen molar-refractivity contribution in [3.63, 3.8) is 0 Å². The maximum absolute atomic E-state index is 12.3. The van der Waals surface area contributed by atoms with Gasteiger partial charge in [-0.05, 0) is 56.0 Å². The van der Waals surface area contributed by atoms with Crippen molar-refractivity contribution in [1.29, 1.82) is 0 Å². The Morgan fingerprint density at radius 1 is 1.23 bits per heavy atom. The van der Waals surface area contributed by atoms with Crippen LogP contribution in [0.1, 0.15) is 31.7 Å². The Morgan fingerprint density at radius 2 is 2.10 bits per heavy atom. The number of hydrogen-bond donors (Lipinski definition) is 2. The van der Waals surface area contributed by atoms with Gasteiger partial charge < -0.3 is 15.5 Å². The number of carbonyl (C=O) groups excluding carboxylic acids is 2. The predicted molar refractivity (Wildman–Crippen MR) is 121 cm³/mol. The quantitative estimate of drug-likeness (QED) is 0.629. The Morgan fingerprint density at radius 3 is 2.83 bits per heavy atom. The maximum Gasteiger partial charge on any atom is 0.234 e. The molecule has 7 nitrogen and oxygen atoms in total. The second-order valence-electron chi connectivity index (χ2n) is 7.51. The Balaban J connectivity index is 1.49. The van der Waals surface area contributed by atoms with E-state index in [-0.39, 0.29) is 23.5 Å². The molecule has 8 heteroatoms. The van der Waals surface area contributed by atoms with Gasteiger partial charge in [-0.2, -0.15) is 0 Å². The summed E-state index contributed by atoms with van der Waals surface area (Å²) in [5, 5.41) is 15.2. The lowest BCUT2D eigenvalue weighted by Gasteiger charge is -2.32. The van der Waals surface area contributed by atoms with E-state index in [1.54, 1.807) is 0 Å². The molecule has 0 spiro atoms. The number of benzene rings is 1. The predicted octanol–water partition coefficient (Wildman–Crippen LogP) is 3.26. The van der Waals surface area contributed by atoms with Crippen LogP contribution in [0.3, 0.4) is 0 Å². The molecule has 1 atom stereocenters. The van der Waals surface area contributed by atoms with Crippen LogP contribution in [0.4, 0.5) is 11.5 Å². The molecule has 0 unspecified atom stereocenters. The topological polar surface area (TPSA) is 87.2 Å². The number of aromatic nitrogens is 2. The van der Waals surface area contributed by atoms with Gasteiger partial charge in [-0.1, -0.05) is 30.8 Å². The van der Waals surface area contributed by atoms with Crippen LogP contribution in [-0.4, -0.2) is 47.4 Å². The number of amides is 2. The van der Waals surface area contributed by atoms with Gasteiger partial charge in [0, 0.05) is 25.3 Å². The van der Waals surface area contributed by atoms with Gasteiger partial charge in [-0.15, -0.1) is 10.2 Å². The number of nitrogens with zero attached hydrogens (tertiary/aromatic N) is 3. The molecule has 2 aromatic rings. The molecule has 0 aliphatic carbocycles. The zero-order valence-electron chi connectivity index (χ0n) is 17.6. The van der Waals surface area contributed by atoms with E-state index in [4.69, 9.17) is 0 Å². The smallest absolute Gasteiger partial charge is 0.234 e. The van der Waals surface area contributed by atoms with Gasteiger partial charge in [-0.3, -0.25) is 9.59 Å². The standard InChI is InChI=1S/C22H29N5O2S/c1-3-11-23-22(29)17-7-5-12-27(14-17)19-9-10-21(26-25-19)30-15-20(28)24-18-8-4-6-16(2)13-18/h4,6,8-10,13,17H,3,5,7,11-12,14-15H2,1-2H3,(H,23,29)(H,24,28)/t17-/m0/s1. The number of anilines is 2. The van der Waals surface area contributed by atoms with Crippen molar-refractivity contribution in [3.05, 3.63) is 42.0 Å². The molecule has 2 amide bonds. The van der Waals surface area contributed by atoms with E-state index in [1.165, 1.54) is 11.8 Å². The molecule has 30 heavy (non-hydrogen) atoms. The minimum atomic E-state index is -0.0755. The van der Waals surface area contributed by atoms with Crippen LogP contribution >= 0.6 is 11.8 Å². The number of rotatable bonds is 8. The highest BCUT2D eigenvalue weighted by molar-refractivity contribution is 7.99. The Bertz CT molecular complexity index is 859. The highest BCUT2D eigenvalue weighted by atomic mass is 32.2. The molecular weight excluding hydrogens is 398 g/mol. The lowest BCUT2D eigenvalue weighted by atomic mass is 9.97. The van der Waals surface area contributed by atoms with Crippen molar-refractivity contribution in [1.82, 2.24) is 15.5 Å². The zero-order valence-corrected chi connectivity index (χ0v) is 18.4. The summed E-state index contributed by atoms with van der Waals surface area (Å²) >= 11 is 1.35. The number of nitrogens with one attached hydrogen (secondary N) is 2. The summed E-state index contributed by atoms with van der Waals surface area (Å²) in [6.07, 6.45) is 2.81. The van der Waals surface area contributed by atoms with Crippen LogP contribution in [0, 0.1) is 12.8 Å². The summed E-state index contributed by atoms with van der Waals surface area (Å²) in [5.74, 6) is 1.09. The fraction of sp³-hybridized carbons (Fsp3) is 0.455. The first-order valence-corrected chi connectivity index (χ1v) is 11.4. The van der Waals surface area contributed by atoms with E-state index in [9.17, 15) is 9.59 Å². The molecule has 2 N–H and O–H groups in total. The third-order valence-electron chi connectivity index (χ3n) is 4.94. The van der Waals surface area contributed by atoms with Crippen molar-refractivity contribution in [2.45, 2.75) is 38.1 Å². The van der Waals surface area contributed by atoms with Gasteiger partial charge in [0.15, 0.2) is 5.82 Å². The molecule has 0 radical (unpaired) electrons. The first kappa shape index (κ1) is 22.1. The molecule has 1 aromatic heterocycles. The Kier molecular flexibility index (Phi) is 8.07. The van der Waals surface area contributed by atoms with E-state index in [2.05, 4.69) is 32.7 Å². The van der Waals surface area contributed by atoms with E-state index in [0.29, 0.717) is 11.6 Å². The number of aryl methyl sites for hydroxylation is 1. The molecule has 3 rings (SSSR count). The number of carbonyl (C=O) groups is 2. The second-order valence-corrected chi connectivity index (χ2v) is 8.51. The van der Waals surface area contributed by atoms with Gasteiger partial charge in [0.1, 0.15) is 5.03 Å².